The first kappa shape index (κ1) is 31.7. The molecule has 0 aliphatic rings. The predicted molar refractivity (Wildman–Crippen MR) is 180 cm³/mol. The van der Waals surface area contributed by atoms with Crippen molar-refractivity contribution in [2.24, 2.45) is 0 Å². The minimum Gasteiger partial charge on any atom is -0.497 e. The van der Waals surface area contributed by atoms with Gasteiger partial charge in [-0.15, -0.1) is 0 Å². The molecule has 0 aliphatic carbocycles. The zero-order valence-electron chi connectivity index (χ0n) is 26.8. The highest BCUT2D eigenvalue weighted by Gasteiger charge is 2.23. The monoisotopic (exact) mass is 630 g/mol. The summed E-state index contributed by atoms with van der Waals surface area (Å²) in [5.74, 6) is 1.41. The summed E-state index contributed by atoms with van der Waals surface area (Å²) in [6.45, 7) is 16.0. The molecule has 0 bridgehead atoms. The quantitative estimate of drug-likeness (QED) is 0.0737. The smallest absolute Gasteiger partial charge is 0.164 e. The number of imidazole rings is 1. The summed E-state index contributed by atoms with van der Waals surface area (Å²) in [7, 11) is -0.853. The van der Waals surface area contributed by atoms with Gasteiger partial charge in [-0.25, -0.2) is 14.6 Å². The fourth-order valence-corrected chi connectivity index (χ4v) is 6.27. The molecule has 0 radical (unpaired) electrons. The topological polar surface area (TPSA) is 106 Å². The minimum atomic E-state index is -1.26. The molecule has 4 heterocycles. The third-order valence-corrected chi connectivity index (χ3v) is 10.8. The van der Waals surface area contributed by atoms with Gasteiger partial charge in [0, 0.05) is 70.7 Å². The number of nitrogens with zero attached hydrogens (tertiary/aromatic N) is 6. The second-order valence-corrected chi connectivity index (χ2v) is 24.7. The number of aldehydes is 1. The molecule has 0 saturated heterocycles. The van der Waals surface area contributed by atoms with Crippen molar-refractivity contribution in [2.75, 3.05) is 20.3 Å². The maximum Gasteiger partial charge on any atom is 0.164 e. The Hall–Kier alpha value is -3.72. The molecule has 0 N–H and O–H groups in total. The van der Waals surface area contributed by atoms with Crippen LogP contribution < -0.4 is 4.74 Å². The fourth-order valence-electron chi connectivity index (χ4n) is 4.76. The zero-order chi connectivity index (χ0) is 31.5. The van der Waals surface area contributed by atoms with Crippen molar-refractivity contribution in [3.63, 3.8) is 0 Å². The van der Waals surface area contributed by atoms with Crippen LogP contribution in [0.3, 0.4) is 0 Å². The average molecular weight is 631 g/mol. The van der Waals surface area contributed by atoms with Gasteiger partial charge < -0.3 is 14.2 Å². The van der Waals surface area contributed by atoms with Crippen LogP contribution in [0, 0.1) is 0 Å². The van der Waals surface area contributed by atoms with Gasteiger partial charge in [-0.1, -0.05) is 39.3 Å². The summed E-state index contributed by atoms with van der Waals surface area (Å²) >= 11 is 0. The van der Waals surface area contributed by atoms with Gasteiger partial charge in [0.15, 0.2) is 17.8 Å². The molecule has 0 saturated carbocycles. The van der Waals surface area contributed by atoms with Crippen LogP contribution in [0.15, 0.2) is 48.9 Å². The Morgan fingerprint density at radius 3 is 2.25 bits per heavy atom. The van der Waals surface area contributed by atoms with Crippen LogP contribution in [-0.2, 0) is 22.9 Å². The second kappa shape index (κ2) is 13.1. The van der Waals surface area contributed by atoms with Gasteiger partial charge >= 0.3 is 0 Å². The Morgan fingerprint density at radius 1 is 0.864 bits per heavy atom. The zero-order valence-corrected chi connectivity index (χ0v) is 28.8. The van der Waals surface area contributed by atoms with Gasteiger partial charge in [0.1, 0.15) is 24.9 Å². The molecular weight excluding hydrogens is 589 g/mol. The third kappa shape index (κ3) is 7.49. The highest BCUT2D eigenvalue weighted by atomic mass is 28.3. The summed E-state index contributed by atoms with van der Waals surface area (Å²) in [5, 5.41) is 5.85. The average Bonchev–Trinajstić information content (AvgIpc) is 3.53. The summed E-state index contributed by atoms with van der Waals surface area (Å²) in [5.41, 5.74) is 5.19. The van der Waals surface area contributed by atoms with E-state index in [0.29, 0.717) is 42.7 Å². The highest BCUT2D eigenvalue weighted by Crippen LogP contribution is 2.33. The van der Waals surface area contributed by atoms with Gasteiger partial charge in [-0.3, -0.25) is 14.3 Å². The lowest BCUT2D eigenvalue weighted by molar-refractivity contribution is 0.0812. The van der Waals surface area contributed by atoms with Crippen molar-refractivity contribution in [2.45, 2.75) is 64.8 Å². The van der Waals surface area contributed by atoms with Crippen LogP contribution in [0.25, 0.3) is 44.7 Å². The molecule has 5 aromatic rings. The van der Waals surface area contributed by atoms with Crippen molar-refractivity contribution in [1.29, 1.82) is 0 Å². The largest absolute Gasteiger partial charge is 0.497 e. The van der Waals surface area contributed by atoms with E-state index in [1.807, 2.05) is 24.3 Å². The second-order valence-electron chi connectivity index (χ2n) is 13.5. The van der Waals surface area contributed by atoms with E-state index in [1.54, 1.807) is 36.4 Å². The maximum atomic E-state index is 11.5. The van der Waals surface area contributed by atoms with E-state index in [2.05, 4.69) is 48.8 Å². The van der Waals surface area contributed by atoms with Gasteiger partial charge in [-0.2, -0.15) is 5.10 Å². The highest BCUT2D eigenvalue weighted by molar-refractivity contribution is 6.76. The van der Waals surface area contributed by atoms with E-state index in [4.69, 9.17) is 29.3 Å². The molecule has 12 heteroatoms. The van der Waals surface area contributed by atoms with Crippen molar-refractivity contribution in [1.82, 2.24) is 29.3 Å². The summed E-state index contributed by atoms with van der Waals surface area (Å²) < 4.78 is 21.8. The first-order valence-electron chi connectivity index (χ1n) is 14.9. The number of rotatable bonds is 14. The number of carbonyl (C=O) groups excluding carboxylic acids is 1. The Kier molecular flexibility index (Phi) is 9.44. The standard InChI is InChI=1S/C32H42N6O4Si2/c1-40-26-8-9-28-29(16-26)37(21-41-10-12-43(2,3)4)32(35-28)30-27-15-25(24-14-23(20-39)17-33-18-24)19-34-31(27)38(36-30)22-42-11-13-44(5,6)7/h8-9,14-20H,10-13,21-22H2,1-7H3. The molecule has 0 amide bonds. The Labute approximate surface area is 260 Å². The van der Waals surface area contributed by atoms with Crippen LogP contribution in [-0.4, -0.2) is 72.1 Å². The molecule has 5 rings (SSSR count). The maximum absolute atomic E-state index is 11.5. The number of hydrogen-bond acceptors (Lipinski definition) is 8. The molecule has 0 atom stereocenters. The van der Waals surface area contributed by atoms with Crippen LogP contribution in [0.4, 0.5) is 0 Å². The minimum absolute atomic E-state index is 0.274. The molecule has 0 aliphatic heterocycles. The first-order valence-corrected chi connectivity index (χ1v) is 22.3. The number of aromatic nitrogens is 6. The number of pyridine rings is 2. The molecular formula is C32H42N6O4Si2. The first-order chi connectivity index (χ1) is 21.0. The van der Waals surface area contributed by atoms with Crippen molar-refractivity contribution in [3.05, 3.63) is 54.5 Å². The van der Waals surface area contributed by atoms with Crippen molar-refractivity contribution in [3.8, 4) is 28.4 Å². The van der Waals surface area contributed by atoms with Crippen molar-refractivity contribution < 1.29 is 19.0 Å². The number of hydrogen-bond donors (Lipinski definition) is 0. The number of benzene rings is 1. The Balaban J connectivity index is 1.62. The number of carbonyl (C=O) groups is 1. The van der Waals surface area contributed by atoms with E-state index in [0.717, 1.165) is 51.7 Å². The molecule has 1 aromatic carbocycles. The molecule has 232 valence electrons. The number of fused-ring (bicyclic) bond motifs is 2. The van der Waals surface area contributed by atoms with E-state index in [-0.39, 0.29) is 6.73 Å². The molecule has 0 unspecified atom stereocenters. The molecule has 4 aromatic heterocycles. The molecule has 0 spiro atoms. The van der Waals surface area contributed by atoms with Gasteiger partial charge in [0.05, 0.1) is 23.5 Å². The van der Waals surface area contributed by atoms with Gasteiger partial charge in [0.2, 0.25) is 0 Å². The lowest BCUT2D eigenvalue weighted by Crippen LogP contribution is -2.22. The molecule has 44 heavy (non-hydrogen) atoms. The van der Waals surface area contributed by atoms with Gasteiger partial charge in [0.25, 0.3) is 0 Å². The number of methoxy groups -OCH3 is 1. The van der Waals surface area contributed by atoms with Crippen molar-refractivity contribution >= 4 is 44.5 Å². The lowest BCUT2D eigenvalue weighted by atomic mass is 10.1. The van der Waals surface area contributed by atoms with E-state index < -0.39 is 16.1 Å². The SMILES string of the molecule is COc1ccc2nc(-c3nn(COCC[Si](C)(C)C)c4ncc(-c5cncc(C=O)c5)cc34)n(COCC[Si](C)(C)C)c2c1. The lowest BCUT2D eigenvalue weighted by Gasteiger charge is -2.16. The van der Waals surface area contributed by atoms with E-state index in [9.17, 15) is 4.79 Å². The van der Waals surface area contributed by atoms with E-state index in [1.165, 1.54) is 0 Å². The normalized spacial score (nSPS) is 12.3. The summed E-state index contributed by atoms with van der Waals surface area (Å²) in [6.07, 6.45) is 5.85. The summed E-state index contributed by atoms with van der Waals surface area (Å²) in [6, 6.07) is 11.8. The van der Waals surface area contributed by atoms with Crippen LogP contribution in [0.5, 0.6) is 5.75 Å². The Bertz CT molecular complexity index is 1770. The Morgan fingerprint density at radius 2 is 1.57 bits per heavy atom. The molecule has 10 nitrogen and oxygen atoms in total. The fraction of sp³-hybridized carbons (Fsp3) is 0.406. The van der Waals surface area contributed by atoms with Crippen LogP contribution in [0.2, 0.25) is 51.4 Å². The third-order valence-electron chi connectivity index (χ3n) is 7.41. The van der Waals surface area contributed by atoms with Crippen LogP contribution >= 0.6 is 0 Å². The van der Waals surface area contributed by atoms with Crippen LogP contribution in [0.1, 0.15) is 10.4 Å². The van der Waals surface area contributed by atoms with Gasteiger partial charge in [-0.05, 0) is 36.4 Å². The summed E-state index contributed by atoms with van der Waals surface area (Å²) in [4.78, 5) is 25.6. The number of ether oxygens (including phenoxy) is 3. The molecule has 0 fully saturated rings. The van der Waals surface area contributed by atoms with E-state index >= 15 is 0 Å². The predicted octanol–water partition coefficient (Wildman–Crippen LogP) is 6.96.